The second kappa shape index (κ2) is 7.78. The van der Waals surface area contributed by atoms with Gasteiger partial charge in [0.15, 0.2) is 11.6 Å². The maximum atomic E-state index is 13.8. The molecule has 2 aromatic rings. The van der Waals surface area contributed by atoms with Crippen molar-refractivity contribution in [1.82, 2.24) is 9.80 Å². The summed E-state index contributed by atoms with van der Waals surface area (Å²) in [5.41, 5.74) is 0.279. The molecule has 2 aromatic carbocycles. The number of benzene rings is 2. The summed E-state index contributed by atoms with van der Waals surface area (Å²) in [6.45, 7) is 2.30. The summed E-state index contributed by atoms with van der Waals surface area (Å²) < 4.78 is 46.2. The first-order chi connectivity index (χ1) is 12.5. The molecule has 1 amide bonds. The summed E-state index contributed by atoms with van der Waals surface area (Å²) in [7, 11) is 1.41. The van der Waals surface area contributed by atoms with Gasteiger partial charge >= 0.3 is 0 Å². The number of carbonyl (C=O) groups excluding carboxylic acids is 1. The highest BCUT2D eigenvalue weighted by atomic mass is 19.1. The van der Waals surface area contributed by atoms with Crippen molar-refractivity contribution < 1.29 is 22.7 Å². The molecule has 0 bridgehead atoms. The fourth-order valence-electron chi connectivity index (χ4n) is 3.04. The number of hydrogen-bond acceptors (Lipinski definition) is 3. The average Bonchev–Trinajstić information content (AvgIpc) is 2.62. The van der Waals surface area contributed by atoms with E-state index in [0.29, 0.717) is 32.7 Å². The van der Waals surface area contributed by atoms with Crippen LogP contribution in [0.1, 0.15) is 15.9 Å². The molecule has 1 aliphatic rings. The van der Waals surface area contributed by atoms with Crippen molar-refractivity contribution >= 4 is 5.91 Å². The van der Waals surface area contributed by atoms with Gasteiger partial charge in [-0.1, -0.05) is 12.1 Å². The predicted molar refractivity (Wildman–Crippen MR) is 90.5 cm³/mol. The Morgan fingerprint density at radius 2 is 1.65 bits per heavy atom. The highest BCUT2D eigenvalue weighted by Crippen LogP contribution is 2.20. The zero-order chi connectivity index (χ0) is 18.7. The van der Waals surface area contributed by atoms with Crippen molar-refractivity contribution in [2.75, 3.05) is 33.3 Å². The number of amides is 1. The number of methoxy groups -OCH3 is 1. The Morgan fingerprint density at radius 3 is 2.23 bits per heavy atom. The van der Waals surface area contributed by atoms with E-state index in [1.165, 1.54) is 24.1 Å². The summed E-state index contributed by atoms with van der Waals surface area (Å²) in [6, 6.07) is 8.16. The molecule has 7 heteroatoms. The number of hydrogen-bond donors (Lipinski definition) is 0. The number of halogens is 3. The lowest BCUT2D eigenvalue weighted by molar-refractivity contribution is 0.0619. The Bertz CT molecular complexity index is 785. The van der Waals surface area contributed by atoms with Crippen molar-refractivity contribution in [2.45, 2.75) is 6.54 Å². The first kappa shape index (κ1) is 18.3. The monoisotopic (exact) mass is 364 g/mol. The van der Waals surface area contributed by atoms with Gasteiger partial charge in [-0.3, -0.25) is 9.69 Å². The molecule has 3 rings (SSSR count). The van der Waals surface area contributed by atoms with E-state index in [9.17, 15) is 18.0 Å². The Morgan fingerprint density at radius 1 is 1.00 bits per heavy atom. The van der Waals surface area contributed by atoms with Crippen molar-refractivity contribution in [3.05, 3.63) is 65.0 Å². The molecular formula is C19H19F3N2O2. The molecule has 0 N–H and O–H groups in total. The van der Waals surface area contributed by atoms with Crippen molar-refractivity contribution in [1.29, 1.82) is 0 Å². The van der Waals surface area contributed by atoms with Crippen LogP contribution in [0.3, 0.4) is 0 Å². The molecule has 4 nitrogen and oxygen atoms in total. The number of rotatable bonds is 4. The molecule has 0 spiro atoms. The number of piperazine rings is 1. The fourth-order valence-corrected chi connectivity index (χ4v) is 3.04. The van der Waals surface area contributed by atoms with E-state index in [4.69, 9.17) is 4.74 Å². The lowest BCUT2D eigenvalue weighted by Crippen LogP contribution is -2.48. The van der Waals surface area contributed by atoms with Crippen LogP contribution in [0.4, 0.5) is 13.2 Å². The van der Waals surface area contributed by atoms with E-state index in [0.717, 1.165) is 17.7 Å². The van der Waals surface area contributed by atoms with Gasteiger partial charge in [-0.15, -0.1) is 0 Å². The number of carbonyl (C=O) groups is 1. The standard InChI is InChI=1S/C19H19F3N2O2/c1-26-17-6-5-13(11-16(17)22)12-23-7-9-24(10-8-23)19(25)18-14(20)3-2-4-15(18)21/h2-6,11H,7-10,12H2,1H3. The minimum atomic E-state index is -0.855. The zero-order valence-corrected chi connectivity index (χ0v) is 14.3. The Balaban J connectivity index is 1.61. The highest BCUT2D eigenvalue weighted by Gasteiger charge is 2.26. The van der Waals surface area contributed by atoms with Crippen molar-refractivity contribution in [3.63, 3.8) is 0 Å². The molecule has 0 atom stereocenters. The van der Waals surface area contributed by atoms with Gasteiger partial charge in [0.2, 0.25) is 0 Å². The quantitative estimate of drug-likeness (QED) is 0.836. The van der Waals surface area contributed by atoms with Gasteiger partial charge in [-0.25, -0.2) is 13.2 Å². The van der Waals surface area contributed by atoms with Crippen molar-refractivity contribution in [2.24, 2.45) is 0 Å². The SMILES string of the molecule is COc1ccc(CN2CCN(C(=O)c3c(F)cccc3F)CC2)cc1F. The van der Waals surface area contributed by atoms with Crippen LogP contribution in [0.2, 0.25) is 0 Å². The normalized spacial score (nSPS) is 15.2. The first-order valence-corrected chi connectivity index (χ1v) is 8.27. The largest absolute Gasteiger partial charge is 0.494 e. The van der Waals surface area contributed by atoms with E-state index < -0.39 is 28.9 Å². The van der Waals surface area contributed by atoms with Crippen LogP contribution < -0.4 is 4.74 Å². The lowest BCUT2D eigenvalue weighted by atomic mass is 10.1. The Labute approximate surface area is 149 Å². The Hall–Kier alpha value is -2.54. The summed E-state index contributed by atoms with van der Waals surface area (Å²) in [4.78, 5) is 15.9. The molecule has 138 valence electrons. The van der Waals surface area contributed by atoms with Gasteiger partial charge in [0.05, 0.1) is 7.11 Å². The maximum Gasteiger partial charge on any atom is 0.259 e. The third-order valence-electron chi connectivity index (χ3n) is 4.46. The van der Waals surface area contributed by atoms with Gasteiger partial charge in [-0.05, 0) is 29.8 Å². The van der Waals surface area contributed by atoms with Gasteiger partial charge < -0.3 is 9.64 Å². The molecular weight excluding hydrogens is 345 g/mol. The van der Waals surface area contributed by atoms with Crippen LogP contribution in [0.15, 0.2) is 36.4 Å². The van der Waals surface area contributed by atoms with E-state index >= 15 is 0 Å². The molecule has 0 aliphatic carbocycles. The van der Waals surface area contributed by atoms with Crippen LogP contribution in [0.5, 0.6) is 5.75 Å². The summed E-state index contributed by atoms with van der Waals surface area (Å²) in [5, 5.41) is 0. The fraction of sp³-hybridized carbons (Fsp3) is 0.316. The van der Waals surface area contributed by atoms with Crippen LogP contribution >= 0.6 is 0 Å². The lowest BCUT2D eigenvalue weighted by Gasteiger charge is -2.34. The molecule has 26 heavy (non-hydrogen) atoms. The maximum absolute atomic E-state index is 13.8. The van der Waals surface area contributed by atoms with Crippen molar-refractivity contribution in [3.8, 4) is 5.75 Å². The predicted octanol–water partition coefficient (Wildman–Crippen LogP) is 3.07. The molecule has 0 saturated carbocycles. The third-order valence-corrected chi connectivity index (χ3v) is 4.46. The zero-order valence-electron chi connectivity index (χ0n) is 14.3. The number of ether oxygens (including phenoxy) is 1. The highest BCUT2D eigenvalue weighted by molar-refractivity contribution is 5.94. The van der Waals surface area contributed by atoms with Crippen LogP contribution in [0, 0.1) is 17.5 Å². The van der Waals surface area contributed by atoms with E-state index in [1.54, 1.807) is 12.1 Å². The van der Waals surface area contributed by atoms with Gasteiger partial charge in [0.25, 0.3) is 5.91 Å². The van der Waals surface area contributed by atoms with Gasteiger partial charge in [-0.2, -0.15) is 0 Å². The Kier molecular flexibility index (Phi) is 5.46. The third kappa shape index (κ3) is 3.83. The first-order valence-electron chi connectivity index (χ1n) is 8.27. The van der Waals surface area contributed by atoms with Gasteiger partial charge in [0.1, 0.15) is 17.2 Å². The molecule has 1 saturated heterocycles. The average molecular weight is 364 g/mol. The minimum Gasteiger partial charge on any atom is -0.494 e. The van der Waals surface area contributed by atoms with E-state index in [-0.39, 0.29) is 5.75 Å². The van der Waals surface area contributed by atoms with E-state index in [1.807, 2.05) is 0 Å². The summed E-state index contributed by atoms with van der Waals surface area (Å²) >= 11 is 0. The summed E-state index contributed by atoms with van der Waals surface area (Å²) in [6.07, 6.45) is 0. The molecule has 1 heterocycles. The molecule has 0 unspecified atom stereocenters. The molecule has 1 fully saturated rings. The molecule has 0 aromatic heterocycles. The second-order valence-corrected chi connectivity index (χ2v) is 6.13. The van der Waals surface area contributed by atoms with Crippen LogP contribution in [0.25, 0.3) is 0 Å². The van der Waals surface area contributed by atoms with E-state index in [2.05, 4.69) is 4.90 Å². The molecule has 0 radical (unpaired) electrons. The number of nitrogens with zero attached hydrogens (tertiary/aromatic N) is 2. The minimum absolute atomic E-state index is 0.191. The van der Waals surface area contributed by atoms with Crippen LogP contribution in [-0.4, -0.2) is 49.0 Å². The topological polar surface area (TPSA) is 32.8 Å². The second-order valence-electron chi connectivity index (χ2n) is 6.13. The molecule has 1 aliphatic heterocycles. The smallest absolute Gasteiger partial charge is 0.259 e. The summed E-state index contributed by atoms with van der Waals surface area (Å²) in [5.74, 6) is -2.59. The van der Waals surface area contributed by atoms with Gasteiger partial charge in [0, 0.05) is 32.7 Å². The van der Waals surface area contributed by atoms with Crippen LogP contribution in [-0.2, 0) is 6.54 Å².